The molecule has 0 heterocycles. The first-order valence-electron chi connectivity index (χ1n) is 3.39. The minimum absolute atomic E-state index is 1.19. The molecule has 2 radical (unpaired) electrons. The van der Waals surface area contributed by atoms with E-state index in [1.165, 1.54) is 12.6 Å². The first-order valence-corrected chi connectivity index (χ1v) is 3.39. The summed E-state index contributed by atoms with van der Waals surface area (Å²) in [7, 11) is 4.25. The van der Waals surface area contributed by atoms with Crippen LogP contribution in [0.5, 0.6) is 0 Å². The van der Waals surface area contributed by atoms with E-state index in [2.05, 4.69) is 42.1 Å². The summed E-state index contributed by atoms with van der Waals surface area (Å²) >= 11 is 0. The van der Waals surface area contributed by atoms with Crippen LogP contribution in [0, 0.1) is 0 Å². The van der Waals surface area contributed by atoms with Gasteiger partial charge in [-0.05, 0) is 0 Å². The maximum absolute atomic E-state index is 2.12. The molecule has 0 rings (SSSR count). The molecule has 0 nitrogen and oxygen atoms in total. The van der Waals surface area contributed by atoms with Crippen molar-refractivity contribution in [2.45, 2.75) is 40.1 Å². The van der Waals surface area contributed by atoms with Crippen LogP contribution in [0.2, 0.25) is 26.3 Å². The van der Waals surface area contributed by atoms with Crippen molar-refractivity contribution in [3.8, 4) is 0 Å². The second kappa shape index (κ2) is 15.7. The molecule has 0 N–H and O–H groups in total. The monoisotopic (exact) mass is 110 g/mol. The number of rotatable bonds is 2. The summed E-state index contributed by atoms with van der Waals surface area (Å²) in [6.07, 6.45) is 2.39. The van der Waals surface area contributed by atoms with E-state index in [1.807, 2.05) is 0 Å². The Balaban J connectivity index is 0. The SMILES string of the molecule is C[B]CC.C[B]CC. The minimum Gasteiger partial charge on any atom is -0.0920 e. The van der Waals surface area contributed by atoms with Gasteiger partial charge in [0.15, 0.2) is 0 Å². The highest BCUT2D eigenvalue weighted by atomic mass is 13.3. The Hall–Kier alpha value is 0.130. The molecule has 8 heavy (non-hydrogen) atoms. The third kappa shape index (κ3) is 35.6. The summed E-state index contributed by atoms with van der Waals surface area (Å²) < 4.78 is 0. The fraction of sp³-hybridized carbons (Fsp3) is 1.00. The van der Waals surface area contributed by atoms with E-state index in [0.717, 1.165) is 0 Å². The Morgan fingerprint density at radius 3 is 1.00 bits per heavy atom. The quantitative estimate of drug-likeness (QED) is 0.478. The van der Waals surface area contributed by atoms with Crippen molar-refractivity contribution in [1.29, 1.82) is 0 Å². The molecule has 0 saturated heterocycles. The first kappa shape index (κ1) is 11.0. The average molecular weight is 110 g/mol. The molecule has 0 bridgehead atoms. The second-order valence-corrected chi connectivity index (χ2v) is 1.63. The molecule has 0 aromatic heterocycles. The fourth-order valence-electron chi connectivity index (χ4n) is 0. The van der Waals surface area contributed by atoms with E-state index >= 15 is 0 Å². The van der Waals surface area contributed by atoms with E-state index in [0.29, 0.717) is 0 Å². The van der Waals surface area contributed by atoms with Crippen molar-refractivity contribution < 1.29 is 0 Å². The molecule has 0 amide bonds. The Labute approximate surface area is 55.5 Å². The van der Waals surface area contributed by atoms with Crippen molar-refractivity contribution in [3.63, 3.8) is 0 Å². The summed E-state index contributed by atoms with van der Waals surface area (Å²) in [6, 6.07) is 0. The Morgan fingerprint density at radius 2 is 1.00 bits per heavy atom. The van der Waals surface area contributed by atoms with Crippen LogP contribution in [-0.2, 0) is 0 Å². The zero-order valence-electron chi connectivity index (χ0n) is 6.57. The lowest BCUT2D eigenvalue weighted by Crippen LogP contribution is -1.67. The van der Waals surface area contributed by atoms with Crippen LogP contribution in [0.25, 0.3) is 0 Å². The zero-order valence-corrected chi connectivity index (χ0v) is 6.57. The molecule has 0 aromatic carbocycles. The topological polar surface area (TPSA) is 0 Å². The minimum atomic E-state index is 1.19. The normalized spacial score (nSPS) is 6.50. The molecule has 0 spiro atoms. The molecule has 0 saturated carbocycles. The van der Waals surface area contributed by atoms with Gasteiger partial charge in [0.2, 0.25) is 0 Å². The zero-order chi connectivity index (χ0) is 6.83. The van der Waals surface area contributed by atoms with Gasteiger partial charge in [-0.3, -0.25) is 0 Å². The predicted octanol–water partition coefficient (Wildman–Crippen LogP) is 2.35. The van der Waals surface area contributed by atoms with Crippen LogP contribution in [0.3, 0.4) is 0 Å². The summed E-state index contributed by atoms with van der Waals surface area (Å²) in [5.41, 5.74) is 0. The standard InChI is InChI=1S/2C3H8B/c2*1-3-4-2/h2*3H2,1-2H3. The van der Waals surface area contributed by atoms with Crippen LogP contribution in [0.1, 0.15) is 13.8 Å². The molecule has 0 aliphatic rings. The maximum Gasteiger partial charge on any atom is 0.105 e. The Bertz CT molecular complexity index is 14.5. The highest BCUT2D eigenvalue weighted by Crippen LogP contribution is 1.65. The number of hydrogen-bond acceptors (Lipinski definition) is 0. The van der Waals surface area contributed by atoms with Gasteiger partial charge in [0.25, 0.3) is 0 Å². The van der Waals surface area contributed by atoms with Gasteiger partial charge in [-0.2, -0.15) is 0 Å². The molecule has 0 aromatic rings. The van der Waals surface area contributed by atoms with Gasteiger partial charge in [0, 0.05) is 0 Å². The van der Waals surface area contributed by atoms with Gasteiger partial charge in [0.1, 0.15) is 14.6 Å². The van der Waals surface area contributed by atoms with Gasteiger partial charge < -0.3 is 0 Å². The first-order chi connectivity index (χ1) is 3.83. The molecule has 0 unspecified atom stereocenters. The summed E-state index contributed by atoms with van der Waals surface area (Å²) in [4.78, 5) is 0. The van der Waals surface area contributed by atoms with E-state index in [4.69, 9.17) is 0 Å². The van der Waals surface area contributed by atoms with Gasteiger partial charge in [-0.15, -0.1) is 0 Å². The van der Waals surface area contributed by atoms with Crippen LogP contribution < -0.4 is 0 Å². The third-order valence-corrected chi connectivity index (χ3v) is 0.816. The van der Waals surface area contributed by atoms with Gasteiger partial charge in [-0.1, -0.05) is 40.1 Å². The molecular weight excluding hydrogens is 93.7 g/mol. The largest absolute Gasteiger partial charge is 0.105 e. The van der Waals surface area contributed by atoms with Crippen molar-refractivity contribution in [2.75, 3.05) is 0 Å². The predicted molar refractivity (Wildman–Crippen MR) is 44.2 cm³/mol. The number of hydrogen-bond donors (Lipinski definition) is 0. The maximum atomic E-state index is 2.12. The Kier molecular flexibility index (Phi) is 21.6. The summed E-state index contributed by atoms with van der Waals surface area (Å²) in [5, 5.41) is 0. The van der Waals surface area contributed by atoms with Crippen molar-refractivity contribution in [3.05, 3.63) is 0 Å². The van der Waals surface area contributed by atoms with Crippen LogP contribution in [0.4, 0.5) is 0 Å². The fourth-order valence-corrected chi connectivity index (χ4v) is 0. The van der Waals surface area contributed by atoms with E-state index in [9.17, 15) is 0 Å². The summed E-state index contributed by atoms with van der Waals surface area (Å²) in [5.74, 6) is 0. The molecular formula is C6H16B2. The average Bonchev–Trinajstić information content (AvgIpc) is 1.88. The molecule has 0 aliphatic carbocycles. The van der Waals surface area contributed by atoms with E-state index < -0.39 is 0 Å². The van der Waals surface area contributed by atoms with Crippen molar-refractivity contribution in [1.82, 2.24) is 0 Å². The van der Waals surface area contributed by atoms with Gasteiger partial charge in [0.05, 0.1) is 0 Å². The smallest absolute Gasteiger partial charge is 0.0920 e. The van der Waals surface area contributed by atoms with E-state index in [-0.39, 0.29) is 0 Å². The highest BCUT2D eigenvalue weighted by Gasteiger charge is 1.61. The van der Waals surface area contributed by atoms with Crippen molar-refractivity contribution in [2.24, 2.45) is 0 Å². The lowest BCUT2D eigenvalue weighted by atomic mass is 9.79. The van der Waals surface area contributed by atoms with E-state index in [1.54, 1.807) is 0 Å². The highest BCUT2D eigenvalue weighted by molar-refractivity contribution is 6.33. The van der Waals surface area contributed by atoms with Crippen LogP contribution in [0.15, 0.2) is 0 Å². The third-order valence-electron chi connectivity index (χ3n) is 0.816. The molecule has 2 heteroatoms. The summed E-state index contributed by atoms with van der Waals surface area (Å²) in [6.45, 7) is 8.36. The molecule has 0 aliphatic heterocycles. The van der Waals surface area contributed by atoms with Crippen LogP contribution in [-0.4, -0.2) is 14.6 Å². The Morgan fingerprint density at radius 1 is 0.875 bits per heavy atom. The van der Waals surface area contributed by atoms with Crippen LogP contribution >= 0.6 is 0 Å². The lowest BCUT2D eigenvalue weighted by Gasteiger charge is -1.64. The lowest BCUT2D eigenvalue weighted by molar-refractivity contribution is 1.45. The molecule has 46 valence electrons. The second-order valence-electron chi connectivity index (χ2n) is 1.63. The molecule has 0 fully saturated rings. The van der Waals surface area contributed by atoms with Crippen molar-refractivity contribution >= 4 is 14.6 Å². The molecule has 0 atom stereocenters. The van der Waals surface area contributed by atoms with Gasteiger partial charge in [-0.25, -0.2) is 0 Å². The van der Waals surface area contributed by atoms with Gasteiger partial charge >= 0.3 is 0 Å².